The van der Waals surface area contributed by atoms with Gasteiger partial charge in [0.2, 0.25) is 0 Å². The number of rotatable bonds is 4. The summed E-state index contributed by atoms with van der Waals surface area (Å²) in [4.78, 5) is 0. The quantitative estimate of drug-likeness (QED) is 0.810. The molecule has 0 amide bonds. The van der Waals surface area contributed by atoms with Crippen LogP contribution in [0.3, 0.4) is 0 Å². The van der Waals surface area contributed by atoms with E-state index in [2.05, 4.69) is 39.2 Å². The van der Waals surface area contributed by atoms with Gasteiger partial charge in [-0.2, -0.15) is 0 Å². The van der Waals surface area contributed by atoms with Crippen LogP contribution in [-0.2, 0) is 12.8 Å². The lowest BCUT2D eigenvalue weighted by Gasteiger charge is -2.07. The third-order valence-electron chi connectivity index (χ3n) is 2.56. The van der Waals surface area contributed by atoms with Crippen molar-refractivity contribution >= 4 is 27.5 Å². The van der Waals surface area contributed by atoms with Gasteiger partial charge in [0.05, 0.1) is 17.6 Å². The molecular weight excluding hydrogens is 302 g/mol. The van der Waals surface area contributed by atoms with E-state index in [0.717, 1.165) is 28.7 Å². The van der Waals surface area contributed by atoms with Crippen molar-refractivity contribution in [3.05, 3.63) is 40.1 Å². The van der Waals surface area contributed by atoms with Gasteiger partial charge in [-0.1, -0.05) is 28.1 Å². The van der Waals surface area contributed by atoms with Gasteiger partial charge in [-0.3, -0.25) is 0 Å². The van der Waals surface area contributed by atoms with Crippen LogP contribution in [0.25, 0.3) is 5.69 Å². The second-order valence-corrected chi connectivity index (χ2v) is 5.01. The van der Waals surface area contributed by atoms with Crippen LogP contribution in [0.15, 0.2) is 28.9 Å². The molecule has 17 heavy (non-hydrogen) atoms. The maximum atomic E-state index is 5.69. The fraction of sp³-hybridized carbons (Fsp3) is 0.333. The van der Waals surface area contributed by atoms with E-state index < -0.39 is 0 Å². The van der Waals surface area contributed by atoms with Gasteiger partial charge in [-0.05, 0) is 30.2 Å². The number of aryl methyl sites for hydroxylation is 2. The fourth-order valence-corrected chi connectivity index (χ4v) is 2.29. The van der Waals surface area contributed by atoms with E-state index in [0.29, 0.717) is 5.88 Å². The van der Waals surface area contributed by atoms with E-state index in [9.17, 15) is 0 Å². The summed E-state index contributed by atoms with van der Waals surface area (Å²) >= 11 is 9.16. The third kappa shape index (κ3) is 2.87. The van der Waals surface area contributed by atoms with Crippen LogP contribution in [0.2, 0.25) is 0 Å². The Bertz CT molecular complexity index is 510. The topological polar surface area (TPSA) is 30.7 Å². The molecule has 2 rings (SSSR count). The number of hydrogen-bond acceptors (Lipinski definition) is 2. The Labute approximate surface area is 114 Å². The van der Waals surface area contributed by atoms with E-state index in [4.69, 9.17) is 11.6 Å². The molecule has 0 unspecified atom stereocenters. The zero-order valence-corrected chi connectivity index (χ0v) is 11.9. The van der Waals surface area contributed by atoms with Gasteiger partial charge in [0.25, 0.3) is 0 Å². The minimum atomic E-state index is 0.569. The first-order valence-electron chi connectivity index (χ1n) is 5.50. The summed E-state index contributed by atoms with van der Waals surface area (Å²) in [6.45, 7) is 2.13. The van der Waals surface area contributed by atoms with E-state index in [1.54, 1.807) is 0 Å². The molecule has 0 spiro atoms. The van der Waals surface area contributed by atoms with E-state index in [1.165, 1.54) is 5.56 Å². The van der Waals surface area contributed by atoms with Gasteiger partial charge in [-0.15, -0.1) is 16.7 Å². The Morgan fingerprint density at radius 1 is 1.41 bits per heavy atom. The van der Waals surface area contributed by atoms with E-state index >= 15 is 0 Å². The van der Waals surface area contributed by atoms with E-state index in [1.807, 2.05) is 23.0 Å². The Morgan fingerprint density at radius 2 is 2.24 bits per heavy atom. The van der Waals surface area contributed by atoms with Crippen LogP contribution >= 0.6 is 27.5 Å². The lowest BCUT2D eigenvalue weighted by Crippen LogP contribution is -1.99. The lowest BCUT2D eigenvalue weighted by molar-refractivity contribution is 0.789. The average molecular weight is 315 g/mol. The number of aromatic nitrogens is 3. The van der Waals surface area contributed by atoms with Crippen molar-refractivity contribution < 1.29 is 0 Å². The van der Waals surface area contributed by atoms with Gasteiger partial charge in [-0.25, -0.2) is 4.68 Å². The smallest absolute Gasteiger partial charge is 0.0843 e. The summed E-state index contributed by atoms with van der Waals surface area (Å²) in [5.41, 5.74) is 3.23. The van der Waals surface area contributed by atoms with Gasteiger partial charge in [0.15, 0.2) is 0 Å². The van der Waals surface area contributed by atoms with Crippen LogP contribution in [0, 0.1) is 0 Å². The number of alkyl halides is 1. The standard InChI is InChI=1S/C12H13BrClN3/c1-2-9-7-10(13)3-4-12(9)17-8-11(5-6-14)15-16-17/h3-4,7-8H,2,5-6H2,1H3. The molecule has 0 bridgehead atoms. The van der Waals surface area contributed by atoms with Crippen molar-refractivity contribution in [1.82, 2.24) is 15.0 Å². The van der Waals surface area contributed by atoms with Crippen LogP contribution in [0.4, 0.5) is 0 Å². The maximum Gasteiger partial charge on any atom is 0.0843 e. The Hall–Kier alpha value is -0.870. The fourth-order valence-electron chi connectivity index (χ4n) is 1.69. The normalized spacial score (nSPS) is 10.8. The first kappa shape index (κ1) is 12.6. The molecule has 3 nitrogen and oxygen atoms in total. The second kappa shape index (κ2) is 5.65. The molecule has 0 aliphatic carbocycles. The highest BCUT2D eigenvalue weighted by atomic mass is 79.9. The number of hydrogen-bond donors (Lipinski definition) is 0. The van der Waals surface area contributed by atoms with Crippen LogP contribution in [0.1, 0.15) is 18.2 Å². The van der Waals surface area contributed by atoms with Crippen molar-refractivity contribution in [3.63, 3.8) is 0 Å². The van der Waals surface area contributed by atoms with Crippen molar-refractivity contribution in [1.29, 1.82) is 0 Å². The predicted octanol–water partition coefficient (Wildman–Crippen LogP) is 3.37. The van der Waals surface area contributed by atoms with Gasteiger partial charge in [0, 0.05) is 16.8 Å². The van der Waals surface area contributed by atoms with Crippen molar-refractivity contribution in [2.24, 2.45) is 0 Å². The SMILES string of the molecule is CCc1cc(Br)ccc1-n1cc(CCCl)nn1. The summed E-state index contributed by atoms with van der Waals surface area (Å²) in [6, 6.07) is 6.16. The maximum absolute atomic E-state index is 5.69. The van der Waals surface area contributed by atoms with Crippen molar-refractivity contribution in [2.45, 2.75) is 19.8 Å². The van der Waals surface area contributed by atoms with Gasteiger partial charge < -0.3 is 0 Å². The first-order valence-corrected chi connectivity index (χ1v) is 6.83. The molecule has 1 aromatic carbocycles. The van der Waals surface area contributed by atoms with E-state index in [-0.39, 0.29) is 0 Å². The molecule has 1 heterocycles. The molecule has 0 aliphatic heterocycles. The van der Waals surface area contributed by atoms with Crippen LogP contribution < -0.4 is 0 Å². The van der Waals surface area contributed by atoms with Crippen molar-refractivity contribution in [3.8, 4) is 5.69 Å². The third-order valence-corrected chi connectivity index (χ3v) is 3.24. The second-order valence-electron chi connectivity index (χ2n) is 3.72. The predicted molar refractivity (Wildman–Crippen MR) is 72.9 cm³/mol. The molecule has 0 N–H and O–H groups in total. The molecule has 0 saturated carbocycles. The molecule has 2 aromatic rings. The zero-order chi connectivity index (χ0) is 12.3. The number of benzene rings is 1. The molecular formula is C12H13BrClN3. The highest BCUT2D eigenvalue weighted by Gasteiger charge is 2.07. The monoisotopic (exact) mass is 313 g/mol. The molecule has 90 valence electrons. The molecule has 5 heteroatoms. The molecule has 0 atom stereocenters. The summed E-state index contributed by atoms with van der Waals surface area (Å²) in [5, 5.41) is 8.23. The number of halogens is 2. The minimum Gasteiger partial charge on any atom is -0.220 e. The number of nitrogens with zero attached hydrogens (tertiary/aromatic N) is 3. The van der Waals surface area contributed by atoms with Crippen molar-refractivity contribution in [2.75, 3.05) is 5.88 Å². The largest absolute Gasteiger partial charge is 0.220 e. The van der Waals surface area contributed by atoms with Gasteiger partial charge in [0.1, 0.15) is 0 Å². The Balaban J connectivity index is 2.37. The van der Waals surface area contributed by atoms with Crippen LogP contribution in [-0.4, -0.2) is 20.9 Å². The summed E-state index contributed by atoms with van der Waals surface area (Å²) in [6.07, 6.45) is 3.64. The summed E-state index contributed by atoms with van der Waals surface area (Å²) in [5.74, 6) is 0.569. The summed E-state index contributed by atoms with van der Waals surface area (Å²) < 4.78 is 2.90. The molecule has 0 aliphatic rings. The first-order chi connectivity index (χ1) is 8.24. The van der Waals surface area contributed by atoms with Crippen LogP contribution in [0.5, 0.6) is 0 Å². The minimum absolute atomic E-state index is 0.569. The summed E-state index contributed by atoms with van der Waals surface area (Å²) in [7, 11) is 0. The molecule has 0 radical (unpaired) electrons. The highest BCUT2D eigenvalue weighted by molar-refractivity contribution is 9.10. The van der Waals surface area contributed by atoms with Gasteiger partial charge >= 0.3 is 0 Å². The highest BCUT2D eigenvalue weighted by Crippen LogP contribution is 2.20. The average Bonchev–Trinajstić information content (AvgIpc) is 2.78. The lowest BCUT2D eigenvalue weighted by atomic mass is 10.1. The Kier molecular flexibility index (Phi) is 4.18. The Morgan fingerprint density at radius 3 is 2.94 bits per heavy atom. The molecule has 1 aromatic heterocycles. The molecule has 0 saturated heterocycles. The molecule has 0 fully saturated rings. The zero-order valence-electron chi connectivity index (χ0n) is 9.53.